The number of nitrogens with zero attached hydrogens (tertiary/aromatic N) is 2. The Morgan fingerprint density at radius 1 is 1.71 bits per heavy atom. The van der Waals surface area contributed by atoms with Gasteiger partial charge in [-0.05, 0) is 26.0 Å². The third kappa shape index (κ3) is 1.46. The van der Waals surface area contributed by atoms with Crippen molar-refractivity contribution in [2.24, 2.45) is 0 Å². The molecule has 1 aliphatic heterocycles. The average molecular weight is 193 g/mol. The molecule has 1 saturated heterocycles. The molecule has 0 spiro atoms. The Hall–Kier alpha value is -1.49. The first kappa shape index (κ1) is 9.08. The number of hydrogen-bond acceptors (Lipinski definition) is 4. The molecule has 1 N–H and O–H groups in total. The zero-order chi connectivity index (χ0) is 10.1. The third-order valence-electron chi connectivity index (χ3n) is 2.48. The summed E-state index contributed by atoms with van der Waals surface area (Å²) < 4.78 is 0. The summed E-state index contributed by atoms with van der Waals surface area (Å²) in [5.74, 6) is 0. The summed E-state index contributed by atoms with van der Waals surface area (Å²) in [7, 11) is 0. The molecule has 1 atom stereocenters. The van der Waals surface area contributed by atoms with Gasteiger partial charge >= 0.3 is 0 Å². The van der Waals surface area contributed by atoms with Crippen LogP contribution in [0.1, 0.15) is 23.7 Å². The minimum Gasteiger partial charge on any atom is -0.309 e. The highest BCUT2D eigenvalue weighted by Crippen LogP contribution is 2.24. The van der Waals surface area contributed by atoms with Crippen LogP contribution in [-0.2, 0) is 0 Å². The van der Waals surface area contributed by atoms with E-state index in [9.17, 15) is 10.1 Å². The van der Waals surface area contributed by atoms with Gasteiger partial charge in [0.2, 0.25) is 0 Å². The smallest absolute Gasteiger partial charge is 0.290 e. The first-order valence-electron chi connectivity index (χ1n) is 4.53. The molecule has 2 heterocycles. The quantitative estimate of drug-likeness (QED) is 0.568. The van der Waals surface area contributed by atoms with Crippen molar-refractivity contribution in [1.29, 1.82) is 0 Å². The molecule has 14 heavy (non-hydrogen) atoms. The summed E-state index contributed by atoms with van der Waals surface area (Å²) >= 11 is 0. The Labute approximate surface area is 81.3 Å². The van der Waals surface area contributed by atoms with Gasteiger partial charge in [0, 0.05) is 5.56 Å². The van der Waals surface area contributed by atoms with Crippen LogP contribution in [0.3, 0.4) is 0 Å². The second-order valence-corrected chi connectivity index (χ2v) is 3.45. The highest BCUT2D eigenvalue weighted by atomic mass is 16.6. The molecule has 0 amide bonds. The molecular weight excluding hydrogens is 182 g/mol. The maximum absolute atomic E-state index is 10.5. The van der Waals surface area contributed by atoms with Crippen LogP contribution in [0.25, 0.3) is 0 Å². The van der Waals surface area contributed by atoms with Crippen molar-refractivity contribution < 1.29 is 4.92 Å². The molecule has 5 heteroatoms. The second kappa shape index (κ2) is 3.34. The number of nitro groups is 1. The predicted octanol–water partition coefficient (Wildman–Crippen LogP) is 1.33. The number of pyridine rings is 1. The zero-order valence-corrected chi connectivity index (χ0v) is 7.86. The van der Waals surface area contributed by atoms with Gasteiger partial charge in [0.1, 0.15) is 6.20 Å². The van der Waals surface area contributed by atoms with E-state index in [4.69, 9.17) is 0 Å². The van der Waals surface area contributed by atoms with Crippen molar-refractivity contribution in [2.75, 3.05) is 6.54 Å². The molecule has 0 aliphatic carbocycles. The lowest BCUT2D eigenvalue weighted by atomic mass is 10.0. The molecule has 1 aromatic heterocycles. The molecule has 0 bridgehead atoms. The van der Waals surface area contributed by atoms with E-state index in [1.165, 1.54) is 6.20 Å². The number of rotatable bonds is 2. The molecule has 0 aromatic carbocycles. The molecule has 5 nitrogen and oxygen atoms in total. The van der Waals surface area contributed by atoms with E-state index in [0.29, 0.717) is 5.56 Å². The fraction of sp³-hybridized carbons (Fsp3) is 0.444. The molecule has 1 aromatic rings. The molecule has 1 fully saturated rings. The molecule has 1 aliphatic rings. The van der Waals surface area contributed by atoms with Gasteiger partial charge in [0.05, 0.1) is 16.7 Å². The van der Waals surface area contributed by atoms with Crippen LogP contribution >= 0.6 is 0 Å². The molecular formula is C9H11N3O2. The number of aromatic nitrogens is 1. The maximum Gasteiger partial charge on any atom is 0.290 e. The Morgan fingerprint density at radius 3 is 2.86 bits per heavy atom. The van der Waals surface area contributed by atoms with Gasteiger partial charge in [-0.15, -0.1) is 0 Å². The van der Waals surface area contributed by atoms with Crippen LogP contribution in [0, 0.1) is 17.0 Å². The van der Waals surface area contributed by atoms with Gasteiger partial charge in [-0.2, -0.15) is 0 Å². The number of hydrogen-bond donors (Lipinski definition) is 1. The molecule has 0 radical (unpaired) electrons. The third-order valence-corrected chi connectivity index (χ3v) is 2.48. The standard InChI is InChI=1S/C9H11N3O2/c1-6-4-8(7-2-3-10-7)11-5-9(6)12(13)14/h4-5,7,10H,2-3H2,1H3. The van der Waals surface area contributed by atoms with Crippen LogP contribution in [0.2, 0.25) is 0 Å². The molecule has 2 rings (SSSR count). The minimum absolute atomic E-state index is 0.0908. The zero-order valence-electron chi connectivity index (χ0n) is 7.86. The van der Waals surface area contributed by atoms with E-state index in [2.05, 4.69) is 10.3 Å². The summed E-state index contributed by atoms with van der Waals surface area (Å²) in [5, 5.41) is 13.7. The van der Waals surface area contributed by atoms with Crippen LogP contribution in [0.15, 0.2) is 12.3 Å². The van der Waals surface area contributed by atoms with E-state index < -0.39 is 4.92 Å². The van der Waals surface area contributed by atoms with E-state index >= 15 is 0 Å². The maximum atomic E-state index is 10.5. The topological polar surface area (TPSA) is 68.1 Å². The van der Waals surface area contributed by atoms with Crippen molar-refractivity contribution in [3.05, 3.63) is 33.6 Å². The fourth-order valence-corrected chi connectivity index (χ4v) is 1.49. The minimum atomic E-state index is -0.402. The summed E-state index contributed by atoms with van der Waals surface area (Å²) in [5.41, 5.74) is 1.67. The molecule has 0 saturated carbocycles. The Kier molecular flexibility index (Phi) is 2.17. The van der Waals surface area contributed by atoms with E-state index in [1.807, 2.05) is 0 Å². The highest BCUT2D eigenvalue weighted by Gasteiger charge is 2.21. The van der Waals surface area contributed by atoms with Gasteiger partial charge in [-0.1, -0.05) is 0 Å². The normalized spacial score (nSPS) is 20.2. The van der Waals surface area contributed by atoms with E-state index in [0.717, 1.165) is 18.7 Å². The Balaban J connectivity index is 2.30. The highest BCUT2D eigenvalue weighted by molar-refractivity contribution is 5.38. The number of nitrogens with one attached hydrogen (secondary N) is 1. The van der Waals surface area contributed by atoms with Crippen LogP contribution in [0.5, 0.6) is 0 Å². The Bertz CT molecular complexity index is 374. The number of aryl methyl sites for hydroxylation is 1. The summed E-state index contributed by atoms with van der Waals surface area (Å²) in [6, 6.07) is 2.07. The van der Waals surface area contributed by atoms with Crippen molar-refractivity contribution >= 4 is 5.69 Å². The summed E-state index contributed by atoms with van der Waals surface area (Å²) in [4.78, 5) is 14.2. The Morgan fingerprint density at radius 2 is 2.43 bits per heavy atom. The molecule has 1 unspecified atom stereocenters. The second-order valence-electron chi connectivity index (χ2n) is 3.45. The van der Waals surface area contributed by atoms with Gasteiger partial charge < -0.3 is 5.32 Å². The monoisotopic (exact) mass is 193 g/mol. The summed E-state index contributed by atoms with van der Waals surface area (Å²) in [6.07, 6.45) is 2.40. The van der Waals surface area contributed by atoms with Gasteiger partial charge in [-0.25, -0.2) is 0 Å². The lowest BCUT2D eigenvalue weighted by Crippen LogP contribution is -2.35. The van der Waals surface area contributed by atoms with Gasteiger partial charge in [0.25, 0.3) is 5.69 Å². The van der Waals surface area contributed by atoms with Crippen LogP contribution in [-0.4, -0.2) is 16.5 Å². The van der Waals surface area contributed by atoms with Crippen LogP contribution in [0.4, 0.5) is 5.69 Å². The van der Waals surface area contributed by atoms with Crippen molar-refractivity contribution in [2.45, 2.75) is 19.4 Å². The van der Waals surface area contributed by atoms with Crippen molar-refractivity contribution in [3.8, 4) is 0 Å². The fourth-order valence-electron chi connectivity index (χ4n) is 1.49. The van der Waals surface area contributed by atoms with E-state index in [-0.39, 0.29) is 11.7 Å². The van der Waals surface area contributed by atoms with Crippen molar-refractivity contribution in [1.82, 2.24) is 10.3 Å². The van der Waals surface area contributed by atoms with Crippen molar-refractivity contribution in [3.63, 3.8) is 0 Å². The lowest BCUT2D eigenvalue weighted by Gasteiger charge is -2.26. The first-order valence-corrected chi connectivity index (χ1v) is 4.53. The van der Waals surface area contributed by atoms with E-state index in [1.54, 1.807) is 13.0 Å². The predicted molar refractivity (Wildman–Crippen MR) is 51.0 cm³/mol. The lowest BCUT2D eigenvalue weighted by molar-refractivity contribution is -0.385. The molecule has 74 valence electrons. The average Bonchev–Trinajstić information content (AvgIpc) is 2.00. The first-order chi connectivity index (χ1) is 6.68. The van der Waals surface area contributed by atoms with Gasteiger partial charge in [0.15, 0.2) is 0 Å². The summed E-state index contributed by atoms with van der Waals surface area (Å²) in [6.45, 7) is 2.74. The van der Waals surface area contributed by atoms with Crippen LogP contribution < -0.4 is 5.32 Å². The largest absolute Gasteiger partial charge is 0.309 e. The van der Waals surface area contributed by atoms with Gasteiger partial charge in [-0.3, -0.25) is 15.1 Å². The SMILES string of the molecule is Cc1cc(C2CCN2)ncc1[N+](=O)[O-].